The second-order valence-corrected chi connectivity index (χ2v) is 6.99. The van der Waals surface area contributed by atoms with E-state index >= 15 is 0 Å². The zero-order valence-corrected chi connectivity index (χ0v) is 13.4. The lowest BCUT2D eigenvalue weighted by Crippen LogP contribution is -2.26. The molecule has 0 saturated heterocycles. The second-order valence-electron chi connectivity index (χ2n) is 4.60. The van der Waals surface area contributed by atoms with Gasteiger partial charge in [-0.1, -0.05) is 29.8 Å². The molecule has 0 atom stereocenters. The van der Waals surface area contributed by atoms with Crippen molar-refractivity contribution >= 4 is 21.6 Å². The molecule has 0 saturated carbocycles. The highest BCUT2D eigenvalue weighted by Crippen LogP contribution is 2.22. The number of benzene rings is 1. The standard InChI is InChI=1S/C14H17ClN2O3S/c1-16-9-12-7-8-14(20-12)21(18,19)17(2)10-11-5-3-4-6-13(11)15/h3-8,16H,9-10H2,1-2H3. The SMILES string of the molecule is CNCc1ccc(S(=O)(=O)N(C)Cc2ccccc2Cl)o1. The van der Waals surface area contributed by atoms with Crippen molar-refractivity contribution in [1.82, 2.24) is 9.62 Å². The average molecular weight is 329 g/mol. The van der Waals surface area contributed by atoms with Crippen LogP contribution in [0.4, 0.5) is 0 Å². The first-order valence-corrected chi connectivity index (χ1v) is 8.20. The van der Waals surface area contributed by atoms with Crippen LogP contribution in [0.3, 0.4) is 0 Å². The van der Waals surface area contributed by atoms with Crippen molar-refractivity contribution in [3.8, 4) is 0 Å². The minimum Gasteiger partial charge on any atom is -0.447 e. The predicted molar refractivity (Wildman–Crippen MR) is 81.6 cm³/mol. The molecule has 0 spiro atoms. The smallest absolute Gasteiger partial charge is 0.276 e. The number of nitrogens with one attached hydrogen (secondary N) is 1. The van der Waals surface area contributed by atoms with Gasteiger partial charge in [-0.15, -0.1) is 0 Å². The Morgan fingerprint density at radius 2 is 1.95 bits per heavy atom. The fraction of sp³-hybridized carbons (Fsp3) is 0.286. The van der Waals surface area contributed by atoms with Crippen LogP contribution in [0.15, 0.2) is 45.9 Å². The molecule has 2 aromatic rings. The maximum absolute atomic E-state index is 12.4. The molecule has 1 aromatic heterocycles. The summed E-state index contributed by atoms with van der Waals surface area (Å²) in [6, 6.07) is 10.3. The zero-order chi connectivity index (χ0) is 15.5. The van der Waals surface area contributed by atoms with Crippen LogP contribution in [0.5, 0.6) is 0 Å². The molecule has 0 unspecified atom stereocenters. The fourth-order valence-corrected chi connectivity index (χ4v) is 3.14. The minimum atomic E-state index is -3.67. The molecule has 0 aliphatic rings. The molecule has 1 heterocycles. The summed E-state index contributed by atoms with van der Waals surface area (Å²) < 4.78 is 31.4. The Hall–Kier alpha value is -1.34. The third-order valence-corrected chi connectivity index (χ3v) is 5.05. The first kappa shape index (κ1) is 16.0. The summed E-state index contributed by atoms with van der Waals surface area (Å²) in [5, 5.41) is 3.38. The first-order valence-electron chi connectivity index (χ1n) is 6.38. The molecule has 114 valence electrons. The van der Waals surface area contributed by atoms with Gasteiger partial charge in [-0.05, 0) is 30.8 Å². The van der Waals surface area contributed by atoms with E-state index in [0.29, 0.717) is 17.3 Å². The maximum atomic E-state index is 12.4. The normalized spacial score (nSPS) is 12.0. The van der Waals surface area contributed by atoms with Crippen LogP contribution in [0, 0.1) is 0 Å². The molecule has 7 heteroatoms. The quantitative estimate of drug-likeness (QED) is 0.885. The van der Waals surface area contributed by atoms with E-state index in [1.807, 2.05) is 6.07 Å². The third-order valence-electron chi connectivity index (χ3n) is 3.00. The molecular weight excluding hydrogens is 312 g/mol. The molecule has 1 N–H and O–H groups in total. The lowest BCUT2D eigenvalue weighted by Gasteiger charge is -2.16. The van der Waals surface area contributed by atoms with E-state index < -0.39 is 10.0 Å². The van der Waals surface area contributed by atoms with Gasteiger partial charge in [0.05, 0.1) is 6.54 Å². The summed E-state index contributed by atoms with van der Waals surface area (Å²) in [7, 11) is -0.408. The largest absolute Gasteiger partial charge is 0.447 e. The number of hydrogen-bond donors (Lipinski definition) is 1. The summed E-state index contributed by atoms with van der Waals surface area (Å²) >= 11 is 6.06. The Kier molecular flexibility index (Phi) is 5.05. The second kappa shape index (κ2) is 6.62. The maximum Gasteiger partial charge on any atom is 0.276 e. The van der Waals surface area contributed by atoms with Crippen molar-refractivity contribution < 1.29 is 12.8 Å². The molecule has 0 bridgehead atoms. The highest BCUT2D eigenvalue weighted by molar-refractivity contribution is 7.88. The number of halogens is 1. The van der Waals surface area contributed by atoms with E-state index in [0.717, 1.165) is 5.56 Å². The van der Waals surface area contributed by atoms with E-state index in [2.05, 4.69) is 5.32 Å². The third kappa shape index (κ3) is 3.65. The van der Waals surface area contributed by atoms with E-state index in [1.54, 1.807) is 31.3 Å². The van der Waals surface area contributed by atoms with Crippen LogP contribution >= 0.6 is 11.6 Å². The summed E-state index contributed by atoms with van der Waals surface area (Å²) in [5.74, 6) is 0.571. The average Bonchev–Trinajstić information content (AvgIpc) is 2.91. The summed E-state index contributed by atoms with van der Waals surface area (Å²) in [5.41, 5.74) is 0.743. The van der Waals surface area contributed by atoms with Crippen molar-refractivity contribution in [3.05, 3.63) is 52.7 Å². The van der Waals surface area contributed by atoms with Crippen LogP contribution in [-0.4, -0.2) is 26.8 Å². The molecule has 0 radical (unpaired) electrons. The van der Waals surface area contributed by atoms with Crippen LogP contribution in [0.25, 0.3) is 0 Å². The fourth-order valence-electron chi connectivity index (χ4n) is 1.87. The Labute approximate surface area is 129 Å². The molecule has 0 aliphatic carbocycles. The number of rotatable bonds is 6. The lowest BCUT2D eigenvalue weighted by atomic mass is 10.2. The van der Waals surface area contributed by atoms with Crippen molar-refractivity contribution in [2.24, 2.45) is 0 Å². The molecule has 0 amide bonds. The van der Waals surface area contributed by atoms with Gasteiger partial charge in [0.2, 0.25) is 5.09 Å². The van der Waals surface area contributed by atoms with Gasteiger partial charge < -0.3 is 9.73 Å². The van der Waals surface area contributed by atoms with Gasteiger partial charge in [-0.3, -0.25) is 0 Å². The lowest BCUT2D eigenvalue weighted by molar-refractivity contribution is 0.382. The number of nitrogens with zero attached hydrogens (tertiary/aromatic N) is 1. The highest BCUT2D eigenvalue weighted by Gasteiger charge is 2.25. The van der Waals surface area contributed by atoms with Crippen LogP contribution in [0.2, 0.25) is 5.02 Å². The van der Waals surface area contributed by atoms with Gasteiger partial charge in [0.15, 0.2) is 0 Å². The molecule has 1 aromatic carbocycles. The predicted octanol–water partition coefficient (Wildman–Crippen LogP) is 2.47. The molecular formula is C14H17ClN2O3S. The monoisotopic (exact) mass is 328 g/mol. The van der Waals surface area contributed by atoms with Crippen molar-refractivity contribution in [2.45, 2.75) is 18.2 Å². The van der Waals surface area contributed by atoms with Gasteiger partial charge >= 0.3 is 0 Å². The summed E-state index contributed by atoms with van der Waals surface area (Å²) in [6.45, 7) is 0.661. The molecule has 0 fully saturated rings. The molecule has 0 aliphatic heterocycles. The molecule has 21 heavy (non-hydrogen) atoms. The van der Waals surface area contributed by atoms with E-state index in [1.165, 1.54) is 17.4 Å². The van der Waals surface area contributed by atoms with E-state index in [9.17, 15) is 8.42 Å². The van der Waals surface area contributed by atoms with Gasteiger partial charge in [0.1, 0.15) is 5.76 Å². The number of hydrogen-bond acceptors (Lipinski definition) is 4. The molecule has 5 nitrogen and oxygen atoms in total. The number of furan rings is 1. The van der Waals surface area contributed by atoms with Gasteiger partial charge in [0.25, 0.3) is 10.0 Å². The Morgan fingerprint density at radius 1 is 1.24 bits per heavy atom. The van der Waals surface area contributed by atoms with Gasteiger partial charge in [0, 0.05) is 18.6 Å². The first-order chi connectivity index (χ1) is 9.95. The Morgan fingerprint density at radius 3 is 2.62 bits per heavy atom. The van der Waals surface area contributed by atoms with Gasteiger partial charge in [-0.2, -0.15) is 4.31 Å². The minimum absolute atomic E-state index is 0.0673. The van der Waals surface area contributed by atoms with Crippen LogP contribution in [0.1, 0.15) is 11.3 Å². The summed E-state index contributed by atoms with van der Waals surface area (Å²) in [6.07, 6.45) is 0. The van der Waals surface area contributed by atoms with Crippen molar-refractivity contribution in [2.75, 3.05) is 14.1 Å². The van der Waals surface area contributed by atoms with Gasteiger partial charge in [-0.25, -0.2) is 8.42 Å². The van der Waals surface area contributed by atoms with Crippen LogP contribution < -0.4 is 5.32 Å². The number of sulfonamides is 1. The van der Waals surface area contributed by atoms with E-state index in [-0.39, 0.29) is 11.6 Å². The highest BCUT2D eigenvalue weighted by atomic mass is 35.5. The molecule has 2 rings (SSSR count). The van der Waals surface area contributed by atoms with Crippen LogP contribution in [-0.2, 0) is 23.1 Å². The summed E-state index contributed by atoms with van der Waals surface area (Å²) in [4.78, 5) is 0. The van der Waals surface area contributed by atoms with Crippen molar-refractivity contribution in [1.29, 1.82) is 0 Å². The zero-order valence-electron chi connectivity index (χ0n) is 11.8. The Balaban J connectivity index is 2.20. The van der Waals surface area contributed by atoms with Crippen molar-refractivity contribution in [3.63, 3.8) is 0 Å². The Bertz CT molecular complexity index is 713. The topological polar surface area (TPSA) is 62.6 Å². The van der Waals surface area contributed by atoms with E-state index in [4.69, 9.17) is 16.0 Å².